The number of nitrogens with one attached hydrogen (secondary N) is 2. The van der Waals surface area contributed by atoms with Crippen molar-refractivity contribution in [1.29, 1.82) is 0 Å². The monoisotopic (exact) mass is 322 g/mol. The van der Waals surface area contributed by atoms with Crippen LogP contribution in [-0.2, 0) is 0 Å². The van der Waals surface area contributed by atoms with Crippen molar-refractivity contribution in [2.75, 3.05) is 20.1 Å². The predicted molar refractivity (Wildman–Crippen MR) is 80.7 cm³/mol. The minimum Gasteiger partial charge on any atom is -0.434 e. The first-order valence-corrected chi connectivity index (χ1v) is 6.44. The highest BCUT2D eigenvalue weighted by atomic mass is 35.5. The summed E-state index contributed by atoms with van der Waals surface area (Å²) in [5.74, 6) is -0.0809. The van der Waals surface area contributed by atoms with Gasteiger partial charge < -0.3 is 15.4 Å². The Labute approximate surface area is 129 Å². The van der Waals surface area contributed by atoms with Gasteiger partial charge in [-0.15, -0.1) is 12.4 Å². The molecule has 0 spiro atoms. The molecule has 0 atom stereocenters. The van der Waals surface area contributed by atoms with Crippen molar-refractivity contribution in [2.45, 2.75) is 26.9 Å². The van der Waals surface area contributed by atoms with Gasteiger partial charge in [-0.25, -0.2) is 0 Å². The molecule has 7 heteroatoms. The summed E-state index contributed by atoms with van der Waals surface area (Å²) in [5.41, 5.74) is 1.49. The van der Waals surface area contributed by atoms with E-state index in [-0.39, 0.29) is 24.1 Å². The summed E-state index contributed by atoms with van der Waals surface area (Å²) < 4.78 is 29.0. The van der Waals surface area contributed by atoms with E-state index in [1.807, 2.05) is 7.05 Å². The molecule has 1 aromatic carbocycles. The van der Waals surface area contributed by atoms with Gasteiger partial charge in [-0.05, 0) is 57.1 Å². The summed E-state index contributed by atoms with van der Waals surface area (Å²) in [4.78, 5) is 11.9. The second-order valence-corrected chi connectivity index (χ2v) is 4.53. The topological polar surface area (TPSA) is 50.4 Å². The number of carbonyl (C=O) groups is 1. The van der Waals surface area contributed by atoms with Crippen molar-refractivity contribution in [3.8, 4) is 5.75 Å². The van der Waals surface area contributed by atoms with Gasteiger partial charge in [0, 0.05) is 12.1 Å². The number of aryl methyl sites for hydroxylation is 2. The molecular formula is C14H21ClF2N2O2. The van der Waals surface area contributed by atoms with Gasteiger partial charge in [-0.1, -0.05) is 0 Å². The maximum Gasteiger partial charge on any atom is 0.387 e. The fourth-order valence-corrected chi connectivity index (χ4v) is 1.93. The smallest absolute Gasteiger partial charge is 0.387 e. The Hall–Kier alpha value is -1.40. The number of amides is 1. The molecule has 1 rings (SSSR count). The largest absolute Gasteiger partial charge is 0.434 e. The number of hydrogen-bond acceptors (Lipinski definition) is 3. The highest BCUT2D eigenvalue weighted by Gasteiger charge is 2.14. The summed E-state index contributed by atoms with van der Waals surface area (Å²) in [7, 11) is 1.84. The molecule has 0 saturated carbocycles. The van der Waals surface area contributed by atoms with Crippen LogP contribution in [0.15, 0.2) is 12.1 Å². The molecular weight excluding hydrogens is 302 g/mol. The summed E-state index contributed by atoms with van der Waals surface area (Å²) in [6.07, 6.45) is 0.826. The Bertz CT molecular complexity index is 447. The molecule has 1 amide bonds. The number of ether oxygens (including phenoxy) is 1. The Morgan fingerprint density at radius 3 is 2.29 bits per heavy atom. The molecule has 4 nitrogen and oxygen atoms in total. The van der Waals surface area contributed by atoms with Crippen LogP contribution >= 0.6 is 12.4 Å². The predicted octanol–water partition coefficient (Wildman–Crippen LogP) is 2.67. The molecule has 0 saturated heterocycles. The fraction of sp³-hybridized carbons (Fsp3) is 0.500. The lowest BCUT2D eigenvalue weighted by molar-refractivity contribution is -0.0507. The van der Waals surface area contributed by atoms with Crippen molar-refractivity contribution in [3.05, 3.63) is 28.8 Å². The Balaban J connectivity index is 0.00000400. The van der Waals surface area contributed by atoms with E-state index in [1.54, 1.807) is 26.0 Å². The van der Waals surface area contributed by atoms with E-state index in [9.17, 15) is 13.6 Å². The van der Waals surface area contributed by atoms with Gasteiger partial charge in [-0.3, -0.25) is 4.79 Å². The molecule has 1 aromatic rings. The molecule has 0 aliphatic rings. The number of rotatable bonds is 7. The average molecular weight is 323 g/mol. The van der Waals surface area contributed by atoms with Gasteiger partial charge in [0.05, 0.1) is 0 Å². The minimum absolute atomic E-state index is 0. The Morgan fingerprint density at radius 1 is 1.24 bits per heavy atom. The second-order valence-electron chi connectivity index (χ2n) is 4.53. The molecule has 0 aliphatic heterocycles. The van der Waals surface area contributed by atoms with Crippen LogP contribution in [0.5, 0.6) is 5.75 Å². The molecule has 0 heterocycles. The van der Waals surface area contributed by atoms with E-state index >= 15 is 0 Å². The quantitative estimate of drug-likeness (QED) is 0.759. The second kappa shape index (κ2) is 9.52. The van der Waals surface area contributed by atoms with Gasteiger partial charge in [0.25, 0.3) is 5.91 Å². The number of alkyl halides is 2. The SMILES string of the molecule is CNCCCNC(=O)c1cc(C)c(OC(F)F)c(C)c1.Cl. The van der Waals surface area contributed by atoms with Gasteiger partial charge in [0.2, 0.25) is 0 Å². The molecule has 0 aliphatic carbocycles. The van der Waals surface area contributed by atoms with Crippen molar-refractivity contribution in [1.82, 2.24) is 10.6 Å². The zero-order chi connectivity index (χ0) is 15.1. The third kappa shape index (κ3) is 6.27. The van der Waals surface area contributed by atoms with Crippen molar-refractivity contribution in [3.63, 3.8) is 0 Å². The van der Waals surface area contributed by atoms with E-state index in [0.29, 0.717) is 23.2 Å². The average Bonchev–Trinajstić information content (AvgIpc) is 2.38. The van der Waals surface area contributed by atoms with Crippen molar-refractivity contribution < 1.29 is 18.3 Å². The van der Waals surface area contributed by atoms with Crippen LogP contribution < -0.4 is 15.4 Å². The molecule has 0 bridgehead atoms. The number of carbonyl (C=O) groups excluding carboxylic acids is 1. The van der Waals surface area contributed by atoms with E-state index < -0.39 is 6.61 Å². The summed E-state index contributed by atoms with van der Waals surface area (Å²) >= 11 is 0. The summed E-state index contributed by atoms with van der Waals surface area (Å²) in [6, 6.07) is 3.11. The van der Waals surface area contributed by atoms with Crippen LogP contribution in [0.2, 0.25) is 0 Å². The van der Waals surface area contributed by atoms with Crippen LogP contribution in [0, 0.1) is 13.8 Å². The summed E-state index contributed by atoms with van der Waals surface area (Å²) in [6.45, 7) is 1.80. The zero-order valence-electron chi connectivity index (χ0n) is 12.3. The molecule has 0 unspecified atom stereocenters. The molecule has 120 valence electrons. The number of halogens is 3. The first-order chi connectivity index (χ1) is 9.45. The lowest BCUT2D eigenvalue weighted by atomic mass is 10.1. The highest BCUT2D eigenvalue weighted by molar-refractivity contribution is 5.94. The number of benzene rings is 1. The van der Waals surface area contributed by atoms with E-state index in [0.717, 1.165) is 13.0 Å². The van der Waals surface area contributed by atoms with Gasteiger partial charge in [-0.2, -0.15) is 8.78 Å². The maximum atomic E-state index is 12.3. The minimum atomic E-state index is -2.87. The molecule has 0 aromatic heterocycles. The normalized spacial score (nSPS) is 10.2. The maximum absolute atomic E-state index is 12.3. The molecule has 21 heavy (non-hydrogen) atoms. The summed E-state index contributed by atoms with van der Waals surface area (Å²) in [5, 5.41) is 5.77. The number of hydrogen-bond donors (Lipinski definition) is 2. The molecule has 2 N–H and O–H groups in total. The lowest BCUT2D eigenvalue weighted by Gasteiger charge is -2.13. The first kappa shape index (κ1) is 19.6. The third-order valence-corrected chi connectivity index (χ3v) is 2.82. The van der Waals surface area contributed by atoms with Gasteiger partial charge in [0.1, 0.15) is 5.75 Å². The zero-order valence-corrected chi connectivity index (χ0v) is 13.2. The van der Waals surface area contributed by atoms with Crippen LogP contribution in [0.25, 0.3) is 0 Å². The fourth-order valence-electron chi connectivity index (χ4n) is 1.93. The van der Waals surface area contributed by atoms with Crippen molar-refractivity contribution >= 4 is 18.3 Å². The molecule has 0 fully saturated rings. The van der Waals surface area contributed by atoms with Crippen LogP contribution in [0.1, 0.15) is 27.9 Å². The lowest BCUT2D eigenvalue weighted by Crippen LogP contribution is -2.26. The first-order valence-electron chi connectivity index (χ1n) is 6.44. The van der Waals surface area contributed by atoms with E-state index in [4.69, 9.17) is 0 Å². The van der Waals surface area contributed by atoms with Crippen molar-refractivity contribution in [2.24, 2.45) is 0 Å². The Kier molecular flexibility index (Phi) is 8.89. The highest BCUT2D eigenvalue weighted by Crippen LogP contribution is 2.26. The molecule has 0 radical (unpaired) electrons. The standard InChI is InChI=1S/C14H20F2N2O2.ClH/c1-9-7-11(13(19)18-6-4-5-17-3)8-10(2)12(9)20-14(15)16;/h7-8,14,17H,4-6H2,1-3H3,(H,18,19);1H. The van der Waals surface area contributed by atoms with Crippen LogP contribution in [0.4, 0.5) is 8.78 Å². The third-order valence-electron chi connectivity index (χ3n) is 2.82. The van der Waals surface area contributed by atoms with Gasteiger partial charge >= 0.3 is 6.61 Å². The van der Waals surface area contributed by atoms with Crippen LogP contribution in [-0.4, -0.2) is 32.7 Å². The van der Waals surface area contributed by atoms with Gasteiger partial charge in [0.15, 0.2) is 0 Å². The van der Waals surface area contributed by atoms with E-state index in [1.165, 1.54) is 0 Å². The Morgan fingerprint density at radius 2 is 1.81 bits per heavy atom. The van der Waals surface area contributed by atoms with Crippen LogP contribution in [0.3, 0.4) is 0 Å². The van der Waals surface area contributed by atoms with E-state index in [2.05, 4.69) is 15.4 Å².